The summed E-state index contributed by atoms with van der Waals surface area (Å²) in [5.41, 5.74) is 0.645. The molecule has 0 N–H and O–H groups in total. The van der Waals surface area contributed by atoms with Gasteiger partial charge in [-0.25, -0.2) is 4.39 Å². The number of carbonyl (C=O) groups is 2. The van der Waals surface area contributed by atoms with E-state index in [1.54, 1.807) is 17.0 Å². The number of likely N-dealkylation sites (tertiary alicyclic amines) is 1. The normalized spacial score (nSPS) is 18.9. The molecule has 1 aromatic rings. The summed E-state index contributed by atoms with van der Waals surface area (Å²) in [5, 5.41) is 9.00. The zero-order valence-corrected chi connectivity index (χ0v) is 18.4. The molecule has 2 fully saturated rings. The monoisotopic (exact) mass is 446 g/mol. The first-order valence-electron chi connectivity index (χ1n) is 10.8. The Hall–Kier alpha value is -2.43. The van der Waals surface area contributed by atoms with Gasteiger partial charge in [0.05, 0.1) is 11.1 Å². The van der Waals surface area contributed by atoms with E-state index in [2.05, 4.69) is 11.0 Å². The molecule has 0 bridgehead atoms. The highest BCUT2D eigenvalue weighted by Crippen LogP contribution is 2.18. The Morgan fingerprint density at radius 2 is 1.97 bits per heavy atom. The Morgan fingerprint density at radius 1 is 1.19 bits per heavy atom. The van der Waals surface area contributed by atoms with Crippen molar-refractivity contribution in [2.45, 2.75) is 25.7 Å². The molecule has 2 aliphatic rings. The quantitative estimate of drug-likeness (QED) is 0.629. The van der Waals surface area contributed by atoms with Gasteiger partial charge in [-0.3, -0.25) is 9.59 Å². The SMILES string of the molecule is N#CC1CCN(CCCN2CCN(C(=O)C=Cc3ccc(F)c(Cl)c3)CCC2=O)CC1. The zero-order valence-electron chi connectivity index (χ0n) is 17.6. The van der Waals surface area contributed by atoms with Gasteiger partial charge in [-0.15, -0.1) is 0 Å². The van der Waals surface area contributed by atoms with E-state index in [4.69, 9.17) is 16.9 Å². The standard InChI is InChI=1S/C23H28ClFN4O2/c24-20-16-18(2-4-21(20)25)3-5-22(30)29-13-8-23(31)28(14-15-29)10-1-9-27-11-6-19(17-26)7-12-27/h2-5,16,19H,1,6-15H2. The fraction of sp³-hybridized carbons (Fsp3) is 0.522. The van der Waals surface area contributed by atoms with E-state index in [-0.39, 0.29) is 22.8 Å². The van der Waals surface area contributed by atoms with Crippen molar-refractivity contribution in [2.75, 3.05) is 45.8 Å². The molecule has 2 saturated heterocycles. The van der Waals surface area contributed by atoms with E-state index in [0.717, 1.165) is 38.9 Å². The summed E-state index contributed by atoms with van der Waals surface area (Å²) in [6.07, 6.45) is 6.10. The highest BCUT2D eigenvalue weighted by Gasteiger charge is 2.23. The second kappa shape index (κ2) is 11.3. The molecule has 2 heterocycles. The summed E-state index contributed by atoms with van der Waals surface area (Å²) >= 11 is 5.77. The molecule has 8 heteroatoms. The largest absolute Gasteiger partial charge is 0.341 e. The van der Waals surface area contributed by atoms with Crippen LogP contribution in [0.15, 0.2) is 24.3 Å². The molecule has 166 valence electrons. The molecule has 0 atom stereocenters. The highest BCUT2D eigenvalue weighted by atomic mass is 35.5. The van der Waals surface area contributed by atoms with E-state index < -0.39 is 5.82 Å². The van der Waals surface area contributed by atoms with Crippen LogP contribution in [0, 0.1) is 23.1 Å². The van der Waals surface area contributed by atoms with Crippen LogP contribution in [0.4, 0.5) is 4.39 Å². The maximum Gasteiger partial charge on any atom is 0.246 e. The zero-order chi connectivity index (χ0) is 22.2. The van der Waals surface area contributed by atoms with Crippen LogP contribution < -0.4 is 0 Å². The summed E-state index contributed by atoms with van der Waals surface area (Å²) < 4.78 is 13.2. The average molecular weight is 447 g/mol. The van der Waals surface area contributed by atoms with E-state index in [0.29, 0.717) is 38.2 Å². The highest BCUT2D eigenvalue weighted by molar-refractivity contribution is 6.30. The molecule has 2 aliphatic heterocycles. The number of halogens is 2. The van der Waals surface area contributed by atoms with Gasteiger partial charge in [-0.1, -0.05) is 17.7 Å². The van der Waals surface area contributed by atoms with Crippen molar-refractivity contribution in [1.82, 2.24) is 14.7 Å². The fourth-order valence-corrected chi connectivity index (χ4v) is 4.17. The number of nitriles is 1. The molecular formula is C23H28ClFN4O2. The minimum atomic E-state index is -0.497. The van der Waals surface area contributed by atoms with Crippen LogP contribution in [0.2, 0.25) is 5.02 Å². The Kier molecular flexibility index (Phi) is 8.44. The predicted molar refractivity (Wildman–Crippen MR) is 118 cm³/mol. The third kappa shape index (κ3) is 6.78. The first-order valence-corrected chi connectivity index (χ1v) is 11.2. The Bertz CT molecular complexity index is 862. The molecule has 0 aliphatic carbocycles. The maximum absolute atomic E-state index is 13.2. The average Bonchev–Trinajstić information content (AvgIpc) is 2.96. The lowest BCUT2D eigenvalue weighted by atomic mass is 9.98. The lowest BCUT2D eigenvalue weighted by Crippen LogP contribution is -2.38. The van der Waals surface area contributed by atoms with E-state index in [1.165, 1.54) is 18.2 Å². The third-order valence-electron chi connectivity index (χ3n) is 5.93. The number of carbonyl (C=O) groups excluding carboxylic acids is 2. The Balaban J connectivity index is 1.44. The molecule has 0 aromatic heterocycles. The van der Waals surface area contributed by atoms with Crippen LogP contribution in [0.3, 0.4) is 0 Å². The molecule has 0 radical (unpaired) electrons. The molecule has 6 nitrogen and oxygen atoms in total. The van der Waals surface area contributed by atoms with Crippen LogP contribution in [0.5, 0.6) is 0 Å². The van der Waals surface area contributed by atoms with Gasteiger partial charge < -0.3 is 14.7 Å². The summed E-state index contributed by atoms with van der Waals surface area (Å²) in [6, 6.07) is 6.63. The van der Waals surface area contributed by atoms with Crippen molar-refractivity contribution in [1.29, 1.82) is 5.26 Å². The molecule has 31 heavy (non-hydrogen) atoms. The fourth-order valence-electron chi connectivity index (χ4n) is 3.98. The van der Waals surface area contributed by atoms with Crippen LogP contribution in [0.25, 0.3) is 6.08 Å². The van der Waals surface area contributed by atoms with Gasteiger partial charge in [0, 0.05) is 44.6 Å². The molecule has 3 rings (SSSR count). The number of piperidine rings is 1. The lowest BCUT2D eigenvalue weighted by molar-refractivity contribution is -0.130. The van der Waals surface area contributed by atoms with E-state index >= 15 is 0 Å². The van der Waals surface area contributed by atoms with Gasteiger partial charge >= 0.3 is 0 Å². The van der Waals surface area contributed by atoms with E-state index in [9.17, 15) is 14.0 Å². The Morgan fingerprint density at radius 3 is 2.68 bits per heavy atom. The topological polar surface area (TPSA) is 67.7 Å². The second-order valence-corrected chi connectivity index (χ2v) is 8.47. The summed E-state index contributed by atoms with van der Waals surface area (Å²) in [7, 11) is 0. The molecule has 0 unspecified atom stereocenters. The van der Waals surface area contributed by atoms with Crippen molar-refractivity contribution >= 4 is 29.5 Å². The van der Waals surface area contributed by atoms with Crippen LogP contribution in [0.1, 0.15) is 31.2 Å². The maximum atomic E-state index is 13.2. The third-order valence-corrected chi connectivity index (χ3v) is 6.22. The number of hydrogen-bond acceptors (Lipinski definition) is 4. The van der Waals surface area contributed by atoms with Crippen molar-refractivity contribution in [3.63, 3.8) is 0 Å². The van der Waals surface area contributed by atoms with Gasteiger partial charge in [0.1, 0.15) is 5.82 Å². The molecule has 2 amide bonds. The molecule has 1 aromatic carbocycles. The van der Waals surface area contributed by atoms with Crippen molar-refractivity contribution < 1.29 is 14.0 Å². The minimum Gasteiger partial charge on any atom is -0.341 e. The predicted octanol–water partition coefficient (Wildman–Crippen LogP) is 3.18. The van der Waals surface area contributed by atoms with Crippen LogP contribution in [-0.4, -0.2) is 72.3 Å². The lowest BCUT2D eigenvalue weighted by Gasteiger charge is -2.30. The van der Waals surface area contributed by atoms with Gasteiger partial charge in [-0.2, -0.15) is 5.26 Å². The van der Waals surface area contributed by atoms with Crippen molar-refractivity contribution in [3.8, 4) is 6.07 Å². The van der Waals surface area contributed by atoms with Gasteiger partial charge in [0.25, 0.3) is 0 Å². The minimum absolute atomic E-state index is 0.0139. The van der Waals surface area contributed by atoms with Gasteiger partial charge in [0.15, 0.2) is 0 Å². The first kappa shape index (κ1) is 23.2. The number of hydrogen-bond donors (Lipinski definition) is 0. The van der Waals surface area contributed by atoms with E-state index in [1.807, 2.05) is 4.90 Å². The second-order valence-electron chi connectivity index (χ2n) is 8.06. The number of amides is 2. The Labute approximate surface area is 187 Å². The summed E-state index contributed by atoms with van der Waals surface area (Å²) in [5.74, 6) is -0.410. The van der Waals surface area contributed by atoms with Gasteiger partial charge in [-0.05, 0) is 62.7 Å². The first-order chi connectivity index (χ1) is 15.0. The molecule has 0 saturated carbocycles. The number of nitrogens with zero attached hydrogens (tertiary/aromatic N) is 4. The van der Waals surface area contributed by atoms with Crippen molar-refractivity contribution in [3.05, 3.63) is 40.7 Å². The number of benzene rings is 1. The number of rotatable bonds is 6. The van der Waals surface area contributed by atoms with Crippen molar-refractivity contribution in [2.24, 2.45) is 5.92 Å². The summed E-state index contributed by atoms with van der Waals surface area (Å²) in [6.45, 7) is 4.91. The molecular weight excluding hydrogens is 419 g/mol. The molecule has 0 spiro atoms. The summed E-state index contributed by atoms with van der Waals surface area (Å²) in [4.78, 5) is 30.9. The van der Waals surface area contributed by atoms with Gasteiger partial charge in [0.2, 0.25) is 11.8 Å². The van der Waals surface area contributed by atoms with Crippen LogP contribution in [-0.2, 0) is 9.59 Å². The van der Waals surface area contributed by atoms with Crippen LogP contribution >= 0.6 is 11.6 Å². The smallest absolute Gasteiger partial charge is 0.246 e.